The third-order valence-corrected chi connectivity index (χ3v) is 11.3. The number of nitrogens with zero attached hydrogens (tertiary/aromatic N) is 2. The molecule has 8 aromatic carbocycles. The predicted octanol–water partition coefficient (Wildman–Crippen LogP) is 13.7. The Bertz CT molecular complexity index is 3110. The number of benzene rings is 8. The number of thiophene rings is 1. The highest BCUT2D eigenvalue weighted by Crippen LogP contribution is 2.44. The Labute approximate surface area is 291 Å². The maximum atomic E-state index is 6.26. The van der Waals surface area contributed by atoms with Crippen molar-refractivity contribution in [3.63, 3.8) is 0 Å². The molecule has 11 aromatic rings. The number of hydrogen-bond donors (Lipinski definition) is 0. The zero-order valence-corrected chi connectivity index (χ0v) is 27.7. The van der Waals surface area contributed by atoms with Gasteiger partial charge in [-0.25, -0.2) is 0 Å². The molecular formula is C46H28N2OS. The van der Waals surface area contributed by atoms with Crippen molar-refractivity contribution in [3.8, 4) is 5.69 Å². The molecule has 0 saturated heterocycles. The topological polar surface area (TPSA) is 21.3 Å². The molecule has 3 nitrogen and oxygen atoms in total. The van der Waals surface area contributed by atoms with Gasteiger partial charge in [0.1, 0.15) is 11.2 Å². The van der Waals surface area contributed by atoms with Gasteiger partial charge in [-0.3, -0.25) is 0 Å². The molecule has 234 valence electrons. The second-order valence-electron chi connectivity index (χ2n) is 13.0. The van der Waals surface area contributed by atoms with Crippen molar-refractivity contribution < 1.29 is 4.42 Å². The first-order valence-corrected chi connectivity index (χ1v) is 17.7. The Morgan fingerprint density at radius 3 is 1.86 bits per heavy atom. The van der Waals surface area contributed by atoms with Crippen molar-refractivity contribution in [3.05, 3.63) is 170 Å². The van der Waals surface area contributed by atoms with Crippen LogP contribution in [0, 0.1) is 0 Å². The Hall–Kier alpha value is -6.36. The van der Waals surface area contributed by atoms with Crippen LogP contribution in [-0.2, 0) is 0 Å². The normalized spacial score (nSPS) is 12.0. The summed E-state index contributed by atoms with van der Waals surface area (Å²) in [4.78, 5) is 2.40. The van der Waals surface area contributed by atoms with Gasteiger partial charge in [0.15, 0.2) is 0 Å². The largest absolute Gasteiger partial charge is 0.456 e. The van der Waals surface area contributed by atoms with Crippen LogP contribution in [0.5, 0.6) is 0 Å². The Balaban J connectivity index is 1.18. The molecule has 0 spiro atoms. The van der Waals surface area contributed by atoms with E-state index in [2.05, 4.69) is 167 Å². The van der Waals surface area contributed by atoms with E-state index in [0.717, 1.165) is 44.7 Å². The van der Waals surface area contributed by atoms with Crippen molar-refractivity contribution >= 4 is 103 Å². The molecule has 0 unspecified atom stereocenters. The lowest BCUT2D eigenvalue weighted by atomic mass is 10.0. The molecule has 0 aliphatic heterocycles. The van der Waals surface area contributed by atoms with E-state index in [9.17, 15) is 0 Å². The lowest BCUT2D eigenvalue weighted by molar-refractivity contribution is 0.669. The third kappa shape index (κ3) is 4.09. The van der Waals surface area contributed by atoms with Crippen molar-refractivity contribution in [1.29, 1.82) is 0 Å². The number of para-hydroxylation sites is 3. The fourth-order valence-corrected chi connectivity index (χ4v) is 8.96. The number of fused-ring (bicyclic) bond motifs is 10. The average molecular weight is 657 g/mol. The molecule has 0 radical (unpaired) electrons. The fourth-order valence-electron chi connectivity index (χ4n) is 7.84. The highest BCUT2D eigenvalue weighted by Gasteiger charge is 2.20. The summed E-state index contributed by atoms with van der Waals surface area (Å²) in [5.74, 6) is 0. The van der Waals surface area contributed by atoms with Gasteiger partial charge < -0.3 is 13.9 Å². The summed E-state index contributed by atoms with van der Waals surface area (Å²) < 4.78 is 11.2. The molecule has 0 aliphatic carbocycles. The van der Waals surface area contributed by atoms with E-state index in [0.29, 0.717) is 0 Å². The minimum atomic E-state index is 0.891. The second kappa shape index (κ2) is 10.6. The minimum absolute atomic E-state index is 0.891. The zero-order valence-electron chi connectivity index (χ0n) is 26.9. The van der Waals surface area contributed by atoms with Gasteiger partial charge in [0.25, 0.3) is 0 Å². The molecule has 3 aromatic heterocycles. The van der Waals surface area contributed by atoms with E-state index in [-0.39, 0.29) is 0 Å². The summed E-state index contributed by atoms with van der Waals surface area (Å²) in [6.07, 6.45) is 0. The smallest absolute Gasteiger partial charge is 0.135 e. The second-order valence-corrected chi connectivity index (χ2v) is 14.1. The van der Waals surface area contributed by atoms with Crippen LogP contribution >= 0.6 is 11.3 Å². The van der Waals surface area contributed by atoms with Gasteiger partial charge in [-0.05, 0) is 102 Å². The van der Waals surface area contributed by atoms with Crippen molar-refractivity contribution in [2.45, 2.75) is 0 Å². The van der Waals surface area contributed by atoms with Gasteiger partial charge in [0.2, 0.25) is 0 Å². The molecule has 3 heterocycles. The summed E-state index contributed by atoms with van der Waals surface area (Å²) in [5.41, 5.74) is 8.63. The number of furan rings is 1. The number of aromatic nitrogens is 1. The van der Waals surface area contributed by atoms with Crippen LogP contribution in [0.15, 0.2) is 174 Å². The Morgan fingerprint density at radius 2 is 1.00 bits per heavy atom. The standard InChI is InChI=1S/C46H28N2OS/c1-2-12-31(13-3-1)48-41-16-8-6-14-35(41)37-26-32(18-21-42(37)48)47(33-19-22-44-38(27-33)36-15-7-9-17-43(36)49-44)34-20-23-45-40(28-34)39-24-29-10-4-5-11-30(29)25-46(39)50-45/h1-28H. The lowest BCUT2D eigenvalue weighted by Gasteiger charge is -2.26. The molecule has 0 fully saturated rings. The monoisotopic (exact) mass is 656 g/mol. The molecule has 0 amide bonds. The fraction of sp³-hybridized carbons (Fsp3) is 0. The first-order valence-electron chi connectivity index (χ1n) is 16.9. The maximum Gasteiger partial charge on any atom is 0.135 e. The quantitative estimate of drug-likeness (QED) is 0.188. The van der Waals surface area contributed by atoms with Crippen LogP contribution in [-0.4, -0.2) is 4.57 Å². The maximum absolute atomic E-state index is 6.26. The number of hydrogen-bond acceptors (Lipinski definition) is 3. The Kier molecular flexibility index (Phi) is 5.83. The molecule has 0 aliphatic rings. The summed E-state index contributed by atoms with van der Waals surface area (Å²) in [6.45, 7) is 0. The average Bonchev–Trinajstić information content (AvgIpc) is 3.83. The van der Waals surface area contributed by atoms with Crippen molar-refractivity contribution in [2.24, 2.45) is 0 Å². The number of rotatable bonds is 4. The first kappa shape index (κ1) is 27.6. The van der Waals surface area contributed by atoms with E-state index < -0.39 is 0 Å². The van der Waals surface area contributed by atoms with Crippen LogP contribution in [0.2, 0.25) is 0 Å². The molecule has 0 N–H and O–H groups in total. The zero-order chi connectivity index (χ0) is 32.8. The molecule has 0 saturated carbocycles. The molecule has 4 heteroatoms. The molecule has 0 atom stereocenters. The van der Waals surface area contributed by atoms with Gasteiger partial charge in [0.05, 0.1) is 11.0 Å². The Morgan fingerprint density at radius 1 is 0.400 bits per heavy atom. The minimum Gasteiger partial charge on any atom is -0.456 e. The highest BCUT2D eigenvalue weighted by atomic mass is 32.1. The van der Waals surface area contributed by atoms with Gasteiger partial charge in [-0.2, -0.15) is 0 Å². The van der Waals surface area contributed by atoms with Gasteiger partial charge >= 0.3 is 0 Å². The molecule has 0 bridgehead atoms. The van der Waals surface area contributed by atoms with Crippen molar-refractivity contribution in [1.82, 2.24) is 4.57 Å². The van der Waals surface area contributed by atoms with Crippen LogP contribution in [0.4, 0.5) is 17.1 Å². The lowest BCUT2D eigenvalue weighted by Crippen LogP contribution is -2.09. The van der Waals surface area contributed by atoms with Gasteiger partial charge in [0, 0.05) is 64.5 Å². The highest BCUT2D eigenvalue weighted by molar-refractivity contribution is 7.25. The van der Waals surface area contributed by atoms with E-state index in [1.54, 1.807) is 0 Å². The summed E-state index contributed by atoms with van der Waals surface area (Å²) >= 11 is 1.86. The summed E-state index contributed by atoms with van der Waals surface area (Å²) in [6, 6.07) is 61.4. The summed E-state index contributed by atoms with van der Waals surface area (Å²) in [7, 11) is 0. The number of anilines is 3. The molecule has 50 heavy (non-hydrogen) atoms. The van der Waals surface area contributed by atoms with E-state index in [1.165, 1.54) is 52.8 Å². The van der Waals surface area contributed by atoms with Crippen LogP contribution < -0.4 is 4.90 Å². The summed E-state index contributed by atoms with van der Waals surface area (Å²) in [5, 5.41) is 9.79. The van der Waals surface area contributed by atoms with Gasteiger partial charge in [-0.1, -0.05) is 78.9 Å². The van der Waals surface area contributed by atoms with Crippen LogP contribution in [0.25, 0.3) is 80.4 Å². The SMILES string of the molecule is c1ccc(-n2c3ccccc3c3cc(N(c4ccc5oc6ccccc6c5c4)c4ccc5sc6cc7ccccc7cc6c5c4)ccc32)cc1. The van der Waals surface area contributed by atoms with Gasteiger partial charge in [-0.15, -0.1) is 11.3 Å². The van der Waals surface area contributed by atoms with E-state index in [1.807, 2.05) is 23.5 Å². The molecule has 11 rings (SSSR count). The van der Waals surface area contributed by atoms with Crippen LogP contribution in [0.1, 0.15) is 0 Å². The van der Waals surface area contributed by atoms with Crippen molar-refractivity contribution in [2.75, 3.05) is 4.90 Å². The predicted molar refractivity (Wildman–Crippen MR) is 213 cm³/mol. The third-order valence-electron chi connectivity index (χ3n) is 10.1. The molecular weight excluding hydrogens is 629 g/mol. The van der Waals surface area contributed by atoms with E-state index >= 15 is 0 Å². The van der Waals surface area contributed by atoms with E-state index in [4.69, 9.17) is 4.42 Å². The van der Waals surface area contributed by atoms with Crippen LogP contribution in [0.3, 0.4) is 0 Å². The first-order chi connectivity index (χ1) is 24.8.